The van der Waals surface area contributed by atoms with Gasteiger partial charge in [-0.3, -0.25) is 9.52 Å². The van der Waals surface area contributed by atoms with E-state index < -0.39 is 10.0 Å². The summed E-state index contributed by atoms with van der Waals surface area (Å²) in [5.41, 5.74) is 3.37. The molecule has 0 aliphatic rings. The first kappa shape index (κ1) is 23.9. The minimum Gasteiger partial charge on any atom is -0.351 e. The van der Waals surface area contributed by atoms with Crippen LogP contribution in [-0.4, -0.2) is 46.4 Å². The average Bonchev–Trinajstić information content (AvgIpc) is 2.62. The second kappa shape index (κ2) is 9.18. The maximum absolute atomic E-state index is 13.1. The van der Waals surface area contributed by atoms with Crippen LogP contribution < -0.4 is 10.0 Å². The summed E-state index contributed by atoms with van der Waals surface area (Å²) in [5, 5.41) is 2.84. The Kier molecular flexibility index (Phi) is 7.31. The Balaban J connectivity index is 2.22. The van der Waals surface area contributed by atoms with Gasteiger partial charge in [0.15, 0.2) is 0 Å². The highest BCUT2D eigenvalue weighted by Gasteiger charge is 2.23. The molecule has 0 fully saturated rings. The van der Waals surface area contributed by atoms with E-state index in [0.29, 0.717) is 17.8 Å². The minimum absolute atomic E-state index is 0.162. The van der Waals surface area contributed by atoms with Gasteiger partial charge >= 0.3 is 0 Å². The molecule has 2 aromatic carbocycles. The summed E-state index contributed by atoms with van der Waals surface area (Å²) in [5.74, 6) is -0.185. The predicted octanol–water partition coefficient (Wildman–Crippen LogP) is 3.69. The standard InChI is InChI=1S/C23H33N3O3S/c1-16-14-19(23(3,4)5)15-21(17(16)2)30(28,29)25-20-10-8-18(9-11-20)22(27)24-12-13-26(6)7/h8-11,14-15,25H,12-13H2,1-7H3,(H,24,27). The molecule has 0 bridgehead atoms. The second-order valence-corrected chi connectivity index (χ2v) is 10.6. The van der Waals surface area contributed by atoms with Gasteiger partial charge in [-0.2, -0.15) is 0 Å². The molecular formula is C23H33N3O3S. The molecule has 0 spiro atoms. The summed E-state index contributed by atoms with van der Waals surface area (Å²) in [6.45, 7) is 11.2. The van der Waals surface area contributed by atoms with Gasteiger partial charge in [0, 0.05) is 24.3 Å². The Hall–Kier alpha value is -2.38. The zero-order valence-electron chi connectivity index (χ0n) is 19.0. The molecule has 2 N–H and O–H groups in total. The summed E-state index contributed by atoms with van der Waals surface area (Å²) >= 11 is 0. The number of anilines is 1. The number of rotatable bonds is 7. The largest absolute Gasteiger partial charge is 0.351 e. The van der Waals surface area contributed by atoms with Gasteiger partial charge in [-0.25, -0.2) is 8.42 Å². The summed E-state index contributed by atoms with van der Waals surface area (Å²) in [6.07, 6.45) is 0. The molecule has 7 heteroatoms. The fraction of sp³-hybridized carbons (Fsp3) is 0.435. The third-order valence-corrected chi connectivity index (χ3v) is 6.53. The lowest BCUT2D eigenvalue weighted by Gasteiger charge is -2.22. The van der Waals surface area contributed by atoms with E-state index in [9.17, 15) is 13.2 Å². The van der Waals surface area contributed by atoms with E-state index >= 15 is 0 Å². The quantitative estimate of drug-likeness (QED) is 0.701. The van der Waals surface area contributed by atoms with Gasteiger partial charge in [0.2, 0.25) is 0 Å². The fourth-order valence-corrected chi connectivity index (χ4v) is 4.34. The van der Waals surface area contributed by atoms with Gasteiger partial charge in [0.25, 0.3) is 15.9 Å². The van der Waals surface area contributed by atoms with Crippen LogP contribution >= 0.6 is 0 Å². The Bertz CT molecular complexity index is 1010. The number of sulfonamides is 1. The van der Waals surface area contributed by atoms with Crippen molar-refractivity contribution in [3.05, 3.63) is 58.7 Å². The number of carbonyl (C=O) groups excluding carboxylic acids is 1. The van der Waals surface area contributed by atoms with Crippen LogP contribution in [0.15, 0.2) is 41.3 Å². The van der Waals surface area contributed by atoms with Crippen LogP contribution in [0.4, 0.5) is 5.69 Å². The summed E-state index contributed by atoms with van der Waals surface area (Å²) < 4.78 is 28.8. The number of nitrogens with zero attached hydrogens (tertiary/aromatic N) is 1. The molecule has 164 valence electrons. The first-order chi connectivity index (χ1) is 13.8. The smallest absolute Gasteiger partial charge is 0.262 e. The van der Waals surface area contributed by atoms with Crippen LogP contribution in [0.2, 0.25) is 0 Å². The monoisotopic (exact) mass is 431 g/mol. The van der Waals surface area contributed by atoms with Crippen molar-refractivity contribution in [2.75, 3.05) is 31.9 Å². The summed E-state index contributed by atoms with van der Waals surface area (Å²) in [4.78, 5) is 14.4. The average molecular weight is 432 g/mol. The Morgan fingerprint density at radius 2 is 1.63 bits per heavy atom. The van der Waals surface area contributed by atoms with E-state index in [-0.39, 0.29) is 16.2 Å². The topological polar surface area (TPSA) is 78.5 Å². The molecule has 30 heavy (non-hydrogen) atoms. The molecular weight excluding hydrogens is 398 g/mol. The third kappa shape index (κ3) is 6.06. The van der Waals surface area contributed by atoms with E-state index in [1.807, 2.05) is 38.9 Å². The van der Waals surface area contributed by atoms with E-state index in [4.69, 9.17) is 0 Å². The van der Waals surface area contributed by atoms with Crippen LogP contribution in [-0.2, 0) is 15.4 Å². The van der Waals surface area contributed by atoms with Crippen LogP contribution in [0.3, 0.4) is 0 Å². The van der Waals surface area contributed by atoms with E-state index in [2.05, 4.69) is 30.8 Å². The van der Waals surface area contributed by atoms with E-state index in [1.165, 1.54) is 0 Å². The van der Waals surface area contributed by atoms with Crippen molar-refractivity contribution >= 4 is 21.6 Å². The lowest BCUT2D eigenvalue weighted by Crippen LogP contribution is -2.31. The molecule has 2 rings (SSSR count). The SMILES string of the molecule is Cc1cc(C(C)(C)C)cc(S(=O)(=O)Nc2ccc(C(=O)NCCN(C)C)cc2)c1C. The minimum atomic E-state index is -3.76. The molecule has 0 radical (unpaired) electrons. The van der Waals surface area contributed by atoms with Crippen LogP contribution in [0.5, 0.6) is 0 Å². The first-order valence-electron chi connectivity index (χ1n) is 9.99. The molecule has 1 amide bonds. The third-order valence-electron chi connectivity index (χ3n) is 5.02. The van der Waals surface area contributed by atoms with Crippen molar-refractivity contribution in [1.82, 2.24) is 10.2 Å². The molecule has 0 saturated heterocycles. The fourth-order valence-electron chi connectivity index (χ4n) is 2.93. The highest BCUT2D eigenvalue weighted by molar-refractivity contribution is 7.92. The number of hydrogen-bond donors (Lipinski definition) is 2. The van der Waals surface area contributed by atoms with Crippen molar-refractivity contribution in [2.24, 2.45) is 0 Å². The van der Waals surface area contributed by atoms with Crippen molar-refractivity contribution < 1.29 is 13.2 Å². The van der Waals surface area contributed by atoms with Gasteiger partial charge in [0.1, 0.15) is 0 Å². The zero-order chi connectivity index (χ0) is 22.7. The maximum Gasteiger partial charge on any atom is 0.262 e. The van der Waals surface area contributed by atoms with Crippen molar-refractivity contribution in [2.45, 2.75) is 44.9 Å². The van der Waals surface area contributed by atoms with Crippen LogP contribution in [0, 0.1) is 13.8 Å². The Morgan fingerprint density at radius 3 is 2.17 bits per heavy atom. The van der Waals surface area contributed by atoms with E-state index in [0.717, 1.165) is 23.2 Å². The van der Waals surface area contributed by atoms with Crippen molar-refractivity contribution in [3.8, 4) is 0 Å². The van der Waals surface area contributed by atoms with Crippen LogP contribution in [0.1, 0.15) is 47.8 Å². The molecule has 0 aliphatic carbocycles. The molecule has 0 saturated carbocycles. The lowest BCUT2D eigenvalue weighted by atomic mass is 9.85. The number of hydrogen-bond acceptors (Lipinski definition) is 4. The van der Waals surface area contributed by atoms with Gasteiger partial charge < -0.3 is 10.2 Å². The number of benzene rings is 2. The Labute approximate surface area is 180 Å². The number of nitrogens with one attached hydrogen (secondary N) is 2. The highest BCUT2D eigenvalue weighted by Crippen LogP contribution is 2.30. The van der Waals surface area contributed by atoms with Gasteiger partial charge in [0.05, 0.1) is 4.90 Å². The molecule has 0 aliphatic heterocycles. The van der Waals surface area contributed by atoms with Crippen molar-refractivity contribution in [3.63, 3.8) is 0 Å². The maximum atomic E-state index is 13.1. The molecule has 0 heterocycles. The van der Waals surface area contributed by atoms with Gasteiger partial charge in [-0.1, -0.05) is 26.8 Å². The number of aryl methyl sites for hydroxylation is 1. The summed E-state index contributed by atoms with van der Waals surface area (Å²) in [6, 6.07) is 10.2. The molecule has 6 nitrogen and oxygen atoms in total. The van der Waals surface area contributed by atoms with Gasteiger partial charge in [-0.05, 0) is 80.4 Å². The number of likely N-dealkylation sites (N-methyl/N-ethyl adjacent to an activating group) is 1. The zero-order valence-corrected chi connectivity index (χ0v) is 19.8. The second-order valence-electron chi connectivity index (χ2n) is 8.91. The molecule has 0 atom stereocenters. The molecule has 0 unspecified atom stereocenters. The molecule has 0 aromatic heterocycles. The Morgan fingerprint density at radius 1 is 1.03 bits per heavy atom. The van der Waals surface area contributed by atoms with E-state index in [1.54, 1.807) is 30.3 Å². The van der Waals surface area contributed by atoms with Gasteiger partial charge in [-0.15, -0.1) is 0 Å². The first-order valence-corrected chi connectivity index (χ1v) is 11.5. The van der Waals surface area contributed by atoms with Crippen molar-refractivity contribution in [1.29, 1.82) is 0 Å². The predicted molar refractivity (Wildman–Crippen MR) is 123 cm³/mol. The number of amides is 1. The molecule has 2 aromatic rings. The normalized spacial score (nSPS) is 12.1. The number of carbonyl (C=O) groups is 1. The highest BCUT2D eigenvalue weighted by atomic mass is 32.2. The lowest BCUT2D eigenvalue weighted by molar-refractivity contribution is 0.0951. The summed E-state index contributed by atoms with van der Waals surface area (Å²) in [7, 11) is 0.114. The van der Waals surface area contributed by atoms with Crippen LogP contribution in [0.25, 0.3) is 0 Å².